The Balaban J connectivity index is 1.99. The molecule has 0 aromatic heterocycles. The molecule has 5 aromatic rings. The maximum absolute atomic E-state index is 9.76. The van der Waals surface area contributed by atoms with Crippen molar-refractivity contribution in [3.05, 3.63) is 96.1 Å². The molecule has 0 radical (unpaired) electrons. The Labute approximate surface area is 197 Å². The standard InChI is InChI=1S/C28H16N2S2/c29-15-19-13-23(27-21-7-3-1-5-17(21)9-11-25(27)31)24(14-20(19)16-30)28-22-8-4-2-6-18(22)10-12-26(28)32/h1-14,31-32H. The molecule has 5 aromatic carbocycles. The predicted molar refractivity (Wildman–Crippen MR) is 136 cm³/mol. The number of hydrogen-bond acceptors (Lipinski definition) is 4. The summed E-state index contributed by atoms with van der Waals surface area (Å²) in [7, 11) is 0. The lowest BCUT2D eigenvalue weighted by Gasteiger charge is -2.18. The van der Waals surface area contributed by atoms with Crippen molar-refractivity contribution >= 4 is 46.8 Å². The Bertz CT molecular complexity index is 1500. The summed E-state index contributed by atoms with van der Waals surface area (Å²) in [5.41, 5.74) is 4.26. The second-order valence-electron chi connectivity index (χ2n) is 7.53. The molecule has 0 amide bonds. The highest BCUT2D eigenvalue weighted by Crippen LogP contribution is 2.44. The molecule has 0 spiro atoms. The van der Waals surface area contributed by atoms with Gasteiger partial charge in [-0.3, -0.25) is 0 Å². The summed E-state index contributed by atoms with van der Waals surface area (Å²) in [4.78, 5) is 1.61. The van der Waals surface area contributed by atoms with E-state index in [1.165, 1.54) is 0 Å². The average Bonchev–Trinajstić information content (AvgIpc) is 2.83. The molecule has 0 aliphatic heterocycles. The van der Waals surface area contributed by atoms with Crippen molar-refractivity contribution in [2.75, 3.05) is 0 Å². The Hall–Kier alpha value is -3.70. The summed E-state index contributed by atoms with van der Waals surface area (Å²) >= 11 is 9.58. The van der Waals surface area contributed by atoms with E-state index >= 15 is 0 Å². The fourth-order valence-electron chi connectivity index (χ4n) is 4.28. The molecule has 0 atom stereocenters. The lowest BCUT2D eigenvalue weighted by molar-refractivity contribution is 1.40. The number of fused-ring (bicyclic) bond motifs is 2. The van der Waals surface area contributed by atoms with Crippen LogP contribution >= 0.6 is 25.3 Å². The first-order valence-electron chi connectivity index (χ1n) is 10.0. The second-order valence-corrected chi connectivity index (χ2v) is 8.49. The van der Waals surface area contributed by atoms with Gasteiger partial charge in [-0.2, -0.15) is 10.5 Å². The fraction of sp³-hybridized carbons (Fsp3) is 0. The third-order valence-electron chi connectivity index (χ3n) is 5.75. The molecule has 0 N–H and O–H groups in total. The van der Waals surface area contributed by atoms with Crippen LogP contribution in [-0.2, 0) is 0 Å². The van der Waals surface area contributed by atoms with E-state index in [0.29, 0.717) is 11.1 Å². The summed E-state index contributed by atoms with van der Waals surface area (Å²) in [6.45, 7) is 0. The number of benzene rings is 5. The van der Waals surface area contributed by atoms with Gasteiger partial charge in [0.1, 0.15) is 12.1 Å². The molecule has 4 heteroatoms. The molecule has 0 aliphatic carbocycles. The maximum atomic E-state index is 9.76. The zero-order valence-corrected chi connectivity index (χ0v) is 18.7. The highest BCUT2D eigenvalue weighted by molar-refractivity contribution is 7.80. The van der Waals surface area contributed by atoms with Gasteiger partial charge in [-0.15, -0.1) is 25.3 Å². The molecule has 5 rings (SSSR count). The van der Waals surface area contributed by atoms with Gasteiger partial charge in [0.05, 0.1) is 11.1 Å². The van der Waals surface area contributed by atoms with Gasteiger partial charge in [0.15, 0.2) is 0 Å². The van der Waals surface area contributed by atoms with E-state index in [0.717, 1.165) is 53.6 Å². The first-order valence-corrected chi connectivity index (χ1v) is 10.9. The largest absolute Gasteiger partial charge is 0.192 e. The summed E-state index contributed by atoms with van der Waals surface area (Å²) in [6, 6.07) is 32.2. The Morgan fingerprint density at radius 3 is 1.34 bits per heavy atom. The number of hydrogen-bond donors (Lipinski definition) is 2. The minimum absolute atomic E-state index is 0.341. The van der Waals surface area contributed by atoms with Crippen molar-refractivity contribution < 1.29 is 0 Å². The van der Waals surface area contributed by atoms with Gasteiger partial charge in [0.25, 0.3) is 0 Å². The van der Waals surface area contributed by atoms with Crippen LogP contribution in [0.3, 0.4) is 0 Å². The van der Waals surface area contributed by atoms with Crippen molar-refractivity contribution in [1.82, 2.24) is 0 Å². The number of nitriles is 2. The van der Waals surface area contributed by atoms with Gasteiger partial charge in [-0.1, -0.05) is 60.7 Å². The van der Waals surface area contributed by atoms with Gasteiger partial charge in [-0.05, 0) is 56.9 Å². The van der Waals surface area contributed by atoms with Crippen LogP contribution in [0, 0.1) is 22.7 Å². The van der Waals surface area contributed by atoms with Crippen molar-refractivity contribution in [2.45, 2.75) is 9.79 Å². The Morgan fingerprint density at radius 1 is 0.531 bits per heavy atom. The van der Waals surface area contributed by atoms with E-state index in [4.69, 9.17) is 25.3 Å². The van der Waals surface area contributed by atoms with Crippen LogP contribution in [0.5, 0.6) is 0 Å². The van der Waals surface area contributed by atoms with Gasteiger partial charge >= 0.3 is 0 Å². The molecule has 0 heterocycles. The molecule has 32 heavy (non-hydrogen) atoms. The van der Waals surface area contributed by atoms with Crippen LogP contribution in [0.1, 0.15) is 11.1 Å². The van der Waals surface area contributed by atoms with Crippen LogP contribution in [0.15, 0.2) is 94.7 Å². The van der Waals surface area contributed by atoms with Gasteiger partial charge in [0.2, 0.25) is 0 Å². The van der Waals surface area contributed by atoms with Crippen LogP contribution in [-0.4, -0.2) is 0 Å². The summed E-state index contributed by atoms with van der Waals surface area (Å²) in [5, 5.41) is 23.8. The third kappa shape index (κ3) is 3.22. The zero-order chi connectivity index (χ0) is 22.2. The first kappa shape index (κ1) is 20.2. The number of nitrogens with zero attached hydrogens (tertiary/aromatic N) is 2. The lowest BCUT2D eigenvalue weighted by Crippen LogP contribution is -1.95. The van der Waals surface area contributed by atoms with E-state index in [9.17, 15) is 10.5 Å². The quantitative estimate of drug-likeness (QED) is 0.275. The molecular formula is C28H16N2S2. The van der Waals surface area contributed by atoms with Gasteiger partial charge in [-0.25, -0.2) is 0 Å². The molecule has 0 unspecified atom stereocenters. The van der Waals surface area contributed by atoms with E-state index in [1.807, 2.05) is 60.7 Å². The molecule has 0 saturated carbocycles. The molecule has 2 nitrogen and oxygen atoms in total. The molecule has 0 saturated heterocycles. The van der Waals surface area contributed by atoms with Gasteiger partial charge in [0, 0.05) is 20.9 Å². The zero-order valence-electron chi connectivity index (χ0n) is 16.9. The average molecular weight is 445 g/mol. The molecular weight excluding hydrogens is 428 g/mol. The normalized spacial score (nSPS) is 10.8. The van der Waals surface area contributed by atoms with Crippen LogP contribution in [0.4, 0.5) is 0 Å². The Kier molecular flexibility index (Phi) is 5.11. The molecule has 0 aliphatic rings. The summed E-state index contributed by atoms with van der Waals surface area (Å²) < 4.78 is 0. The van der Waals surface area contributed by atoms with Crippen LogP contribution in [0.25, 0.3) is 43.8 Å². The van der Waals surface area contributed by atoms with E-state index < -0.39 is 0 Å². The molecule has 0 bridgehead atoms. The minimum atomic E-state index is 0.341. The topological polar surface area (TPSA) is 47.6 Å². The van der Waals surface area contributed by atoms with E-state index in [-0.39, 0.29) is 0 Å². The monoisotopic (exact) mass is 444 g/mol. The number of rotatable bonds is 2. The van der Waals surface area contributed by atoms with E-state index in [2.05, 4.69) is 36.4 Å². The van der Waals surface area contributed by atoms with Crippen molar-refractivity contribution in [1.29, 1.82) is 10.5 Å². The Morgan fingerprint density at radius 2 is 0.938 bits per heavy atom. The summed E-state index contributed by atoms with van der Waals surface area (Å²) in [5.74, 6) is 0. The van der Waals surface area contributed by atoms with Gasteiger partial charge < -0.3 is 0 Å². The predicted octanol–water partition coefficient (Wildman–Crippen LogP) is 7.65. The molecule has 0 fully saturated rings. The first-order chi connectivity index (χ1) is 15.6. The van der Waals surface area contributed by atoms with Crippen LogP contribution in [0.2, 0.25) is 0 Å². The fourth-order valence-corrected chi connectivity index (χ4v) is 4.92. The second kappa shape index (κ2) is 8.09. The van der Waals surface area contributed by atoms with Crippen LogP contribution < -0.4 is 0 Å². The van der Waals surface area contributed by atoms with Crippen molar-refractivity contribution in [2.24, 2.45) is 0 Å². The SMILES string of the molecule is N#Cc1cc(-c2c(S)ccc3ccccc23)c(-c2c(S)ccc3ccccc23)cc1C#N. The third-order valence-corrected chi connectivity index (χ3v) is 6.50. The van der Waals surface area contributed by atoms with Crippen molar-refractivity contribution in [3.63, 3.8) is 0 Å². The smallest absolute Gasteiger partial charge is 0.101 e. The number of thiol groups is 2. The van der Waals surface area contributed by atoms with E-state index in [1.54, 1.807) is 0 Å². The highest BCUT2D eigenvalue weighted by atomic mass is 32.1. The highest BCUT2D eigenvalue weighted by Gasteiger charge is 2.20. The molecule has 150 valence electrons. The minimum Gasteiger partial charge on any atom is -0.192 e. The lowest BCUT2D eigenvalue weighted by atomic mass is 9.86. The maximum Gasteiger partial charge on any atom is 0.101 e. The van der Waals surface area contributed by atoms with Crippen molar-refractivity contribution in [3.8, 4) is 34.4 Å². The summed E-state index contributed by atoms with van der Waals surface area (Å²) in [6.07, 6.45) is 0.